The van der Waals surface area contributed by atoms with Crippen LogP contribution in [0.15, 0.2) is 77.3 Å². The summed E-state index contributed by atoms with van der Waals surface area (Å²) in [5.41, 5.74) is 3.20. The minimum absolute atomic E-state index is 0.0195. The van der Waals surface area contributed by atoms with Gasteiger partial charge in [0.2, 0.25) is 5.82 Å². The van der Waals surface area contributed by atoms with Crippen molar-refractivity contribution in [3.63, 3.8) is 0 Å². The number of aromatic nitrogens is 2. The smallest absolute Gasteiger partial charge is 0.343 e. The molecule has 0 bridgehead atoms. The molecule has 230 valence electrons. The van der Waals surface area contributed by atoms with Gasteiger partial charge < -0.3 is 14.0 Å². The summed E-state index contributed by atoms with van der Waals surface area (Å²) in [6.07, 6.45) is 12.4. The Morgan fingerprint density at radius 2 is 1.41 bits per heavy atom. The van der Waals surface area contributed by atoms with E-state index in [1.807, 2.05) is 36.4 Å². The summed E-state index contributed by atoms with van der Waals surface area (Å²) < 4.78 is 16.7. The standard InChI is InChI=1S/C37H42N2O5/c1-3-5-6-7-9-27-12-16-31(17-13-27)37(41)43-33-24-20-29(21-25-33)35-38-34(39-44-35)28-18-22-32(23-19-28)42-36(40)30-14-10-26(8-4-2)11-15-30/h12-13,16-26,30H,3-11,14-15H2,1-2H3. The molecule has 0 spiro atoms. The van der Waals surface area contributed by atoms with Crippen molar-refractivity contribution < 1.29 is 23.6 Å². The van der Waals surface area contributed by atoms with E-state index >= 15 is 0 Å². The lowest BCUT2D eigenvalue weighted by Crippen LogP contribution is -2.25. The number of nitrogens with zero attached hydrogens (tertiary/aromatic N) is 2. The van der Waals surface area contributed by atoms with Crippen LogP contribution in [0.3, 0.4) is 0 Å². The summed E-state index contributed by atoms with van der Waals surface area (Å²) in [6, 6.07) is 21.8. The van der Waals surface area contributed by atoms with Crippen LogP contribution in [-0.4, -0.2) is 22.1 Å². The van der Waals surface area contributed by atoms with Crippen LogP contribution in [0.5, 0.6) is 11.5 Å². The van der Waals surface area contributed by atoms with E-state index < -0.39 is 5.97 Å². The number of carbonyl (C=O) groups is 2. The predicted molar refractivity (Wildman–Crippen MR) is 170 cm³/mol. The van der Waals surface area contributed by atoms with E-state index in [2.05, 4.69) is 24.0 Å². The summed E-state index contributed by atoms with van der Waals surface area (Å²) in [5, 5.41) is 4.11. The number of unbranched alkanes of at least 4 members (excludes halogenated alkanes) is 3. The number of hydrogen-bond donors (Lipinski definition) is 0. The molecule has 0 N–H and O–H groups in total. The van der Waals surface area contributed by atoms with Gasteiger partial charge in [-0.2, -0.15) is 4.98 Å². The van der Waals surface area contributed by atoms with Crippen LogP contribution < -0.4 is 9.47 Å². The van der Waals surface area contributed by atoms with E-state index in [0.717, 1.165) is 50.0 Å². The van der Waals surface area contributed by atoms with Crippen molar-refractivity contribution in [1.82, 2.24) is 10.1 Å². The largest absolute Gasteiger partial charge is 0.426 e. The Hall–Kier alpha value is -4.26. The van der Waals surface area contributed by atoms with Gasteiger partial charge in [-0.05, 0) is 111 Å². The second-order valence-electron chi connectivity index (χ2n) is 11.8. The van der Waals surface area contributed by atoms with Gasteiger partial charge in [0, 0.05) is 11.1 Å². The lowest BCUT2D eigenvalue weighted by atomic mass is 9.80. The highest BCUT2D eigenvalue weighted by Gasteiger charge is 2.27. The van der Waals surface area contributed by atoms with E-state index in [4.69, 9.17) is 14.0 Å². The van der Waals surface area contributed by atoms with E-state index in [0.29, 0.717) is 34.3 Å². The summed E-state index contributed by atoms with van der Waals surface area (Å²) in [6.45, 7) is 4.42. The number of ether oxygens (including phenoxy) is 2. The lowest BCUT2D eigenvalue weighted by Gasteiger charge is -2.26. The Labute approximate surface area is 260 Å². The number of rotatable bonds is 13. The highest BCUT2D eigenvalue weighted by atomic mass is 16.5. The molecule has 0 aliphatic heterocycles. The molecular weight excluding hydrogens is 552 g/mol. The van der Waals surface area contributed by atoms with Crippen molar-refractivity contribution in [1.29, 1.82) is 0 Å². The quantitative estimate of drug-likeness (QED) is 0.0865. The molecule has 3 aromatic carbocycles. The van der Waals surface area contributed by atoms with Gasteiger partial charge in [0.1, 0.15) is 11.5 Å². The number of benzene rings is 3. The molecule has 4 aromatic rings. The molecule has 1 saturated carbocycles. The third-order valence-electron chi connectivity index (χ3n) is 8.45. The van der Waals surface area contributed by atoms with Crippen molar-refractivity contribution in [2.45, 2.75) is 84.5 Å². The van der Waals surface area contributed by atoms with Gasteiger partial charge in [-0.25, -0.2) is 4.79 Å². The topological polar surface area (TPSA) is 91.5 Å². The van der Waals surface area contributed by atoms with Gasteiger partial charge in [0.15, 0.2) is 0 Å². The van der Waals surface area contributed by atoms with Crippen molar-refractivity contribution in [2.24, 2.45) is 11.8 Å². The van der Waals surface area contributed by atoms with Crippen LogP contribution in [0.4, 0.5) is 0 Å². The summed E-state index contributed by atoms with van der Waals surface area (Å²) >= 11 is 0. The summed E-state index contributed by atoms with van der Waals surface area (Å²) in [5.74, 6) is 1.91. The SMILES string of the molecule is CCCCCCc1ccc(C(=O)Oc2ccc(-c3nc(-c4ccc(OC(=O)C5CCC(CCC)CC5)cc4)no3)cc2)cc1. The third-order valence-corrected chi connectivity index (χ3v) is 8.45. The molecule has 1 fully saturated rings. The molecule has 44 heavy (non-hydrogen) atoms. The zero-order valence-corrected chi connectivity index (χ0v) is 25.8. The molecule has 7 nitrogen and oxygen atoms in total. The van der Waals surface area contributed by atoms with Crippen LogP contribution in [0.1, 0.15) is 94.0 Å². The van der Waals surface area contributed by atoms with Gasteiger partial charge in [0.05, 0.1) is 11.5 Å². The number of esters is 2. The first-order valence-electron chi connectivity index (χ1n) is 16.1. The fourth-order valence-corrected chi connectivity index (χ4v) is 5.82. The fraction of sp³-hybridized carbons (Fsp3) is 0.405. The minimum Gasteiger partial charge on any atom is -0.426 e. The second kappa shape index (κ2) is 15.5. The average molecular weight is 595 g/mol. The van der Waals surface area contributed by atoms with Gasteiger partial charge >= 0.3 is 11.9 Å². The van der Waals surface area contributed by atoms with Crippen LogP contribution >= 0.6 is 0 Å². The first kappa shape index (κ1) is 31.2. The fourth-order valence-electron chi connectivity index (χ4n) is 5.82. The molecule has 0 radical (unpaired) electrons. The highest BCUT2D eigenvalue weighted by Crippen LogP contribution is 2.33. The van der Waals surface area contributed by atoms with E-state index in [-0.39, 0.29) is 11.9 Å². The molecule has 1 aromatic heterocycles. The average Bonchev–Trinajstić information content (AvgIpc) is 3.55. The Morgan fingerprint density at radius 3 is 2.07 bits per heavy atom. The van der Waals surface area contributed by atoms with Gasteiger partial charge in [-0.15, -0.1) is 0 Å². The van der Waals surface area contributed by atoms with Crippen LogP contribution in [0.2, 0.25) is 0 Å². The second-order valence-corrected chi connectivity index (χ2v) is 11.8. The minimum atomic E-state index is -0.399. The Balaban J connectivity index is 1.12. The zero-order chi connectivity index (χ0) is 30.7. The molecular formula is C37H42N2O5. The molecule has 0 unspecified atom stereocenters. The maximum Gasteiger partial charge on any atom is 0.343 e. The number of aryl methyl sites for hydroxylation is 1. The summed E-state index contributed by atoms with van der Waals surface area (Å²) in [4.78, 5) is 29.8. The monoisotopic (exact) mass is 594 g/mol. The zero-order valence-electron chi connectivity index (χ0n) is 25.8. The van der Waals surface area contributed by atoms with Crippen molar-refractivity contribution in [2.75, 3.05) is 0 Å². The maximum atomic E-state index is 12.7. The predicted octanol–water partition coefficient (Wildman–Crippen LogP) is 9.26. The van der Waals surface area contributed by atoms with E-state index in [1.54, 1.807) is 36.4 Å². The number of hydrogen-bond acceptors (Lipinski definition) is 7. The van der Waals surface area contributed by atoms with Gasteiger partial charge in [0.25, 0.3) is 5.89 Å². The third kappa shape index (κ3) is 8.43. The Kier molecular flexibility index (Phi) is 11.0. The first-order chi connectivity index (χ1) is 21.5. The van der Waals surface area contributed by atoms with Crippen molar-refractivity contribution in [3.05, 3.63) is 83.9 Å². The van der Waals surface area contributed by atoms with E-state index in [1.165, 1.54) is 37.7 Å². The van der Waals surface area contributed by atoms with Crippen molar-refractivity contribution in [3.8, 4) is 34.3 Å². The molecule has 1 aliphatic carbocycles. The van der Waals surface area contributed by atoms with Gasteiger partial charge in [-0.3, -0.25) is 4.79 Å². The maximum absolute atomic E-state index is 12.7. The normalized spacial score (nSPS) is 16.4. The molecule has 0 atom stereocenters. The Morgan fingerprint density at radius 1 is 0.750 bits per heavy atom. The lowest BCUT2D eigenvalue weighted by molar-refractivity contribution is -0.140. The van der Waals surface area contributed by atoms with Gasteiger partial charge in [-0.1, -0.05) is 63.2 Å². The van der Waals surface area contributed by atoms with Crippen molar-refractivity contribution >= 4 is 11.9 Å². The van der Waals surface area contributed by atoms with Crippen LogP contribution in [0, 0.1) is 11.8 Å². The molecule has 1 heterocycles. The molecule has 0 saturated heterocycles. The molecule has 5 rings (SSSR count). The molecule has 0 amide bonds. The number of carbonyl (C=O) groups excluding carboxylic acids is 2. The molecule has 1 aliphatic rings. The Bertz CT molecular complexity index is 1480. The summed E-state index contributed by atoms with van der Waals surface area (Å²) in [7, 11) is 0. The van der Waals surface area contributed by atoms with Crippen LogP contribution in [-0.2, 0) is 11.2 Å². The van der Waals surface area contributed by atoms with Crippen LogP contribution in [0.25, 0.3) is 22.8 Å². The molecule has 7 heteroatoms. The highest BCUT2D eigenvalue weighted by molar-refractivity contribution is 5.91. The first-order valence-corrected chi connectivity index (χ1v) is 16.1. The van der Waals surface area contributed by atoms with E-state index in [9.17, 15) is 9.59 Å².